The van der Waals surface area contributed by atoms with Gasteiger partial charge in [0.15, 0.2) is 0 Å². The van der Waals surface area contributed by atoms with Gasteiger partial charge in [-0.3, -0.25) is 4.79 Å². The second kappa shape index (κ2) is 12.9. The predicted octanol–water partition coefficient (Wildman–Crippen LogP) is 5.58. The number of hydrogen-bond donors (Lipinski definition) is 1. The zero-order chi connectivity index (χ0) is 32.4. The lowest BCUT2D eigenvalue weighted by Crippen LogP contribution is -2.45. The highest BCUT2D eigenvalue weighted by molar-refractivity contribution is 7.92. The lowest BCUT2D eigenvalue weighted by atomic mass is 9.87. The van der Waals surface area contributed by atoms with Crippen molar-refractivity contribution in [1.82, 2.24) is 24.8 Å². The van der Waals surface area contributed by atoms with Crippen LogP contribution in [0, 0.1) is 19.3 Å². The number of rotatable bonds is 6. The molecule has 1 N–H and O–H groups in total. The number of sulfonamides is 1. The summed E-state index contributed by atoms with van der Waals surface area (Å²) in [5.41, 5.74) is 3.98. The Balaban J connectivity index is 0.00000480. The summed E-state index contributed by atoms with van der Waals surface area (Å²) in [7, 11) is -2.59. The van der Waals surface area contributed by atoms with Gasteiger partial charge in [0.25, 0.3) is 15.9 Å². The van der Waals surface area contributed by atoms with Crippen molar-refractivity contribution in [3.8, 4) is 17.1 Å². The molecule has 1 aliphatic rings. The standard InChI is InChI=1S/C33H38N6O5S.H2/c1-21-9-7-10-22(2)30(21)27-16-29-37-32(36-27)38-45(41,42)26-12-8-11-23(15-26)31(40)39(25(20-44-29)17-33(3,4)5)18-28-34-14-13-24(35-28)19-43-6;/h7-16,25H,17-20H2,1-6H3,(H,36,37,38);1H/t25-;/m1./s1. The van der Waals surface area contributed by atoms with E-state index < -0.39 is 16.1 Å². The van der Waals surface area contributed by atoms with Crippen LogP contribution in [0.2, 0.25) is 0 Å². The van der Waals surface area contributed by atoms with Crippen molar-refractivity contribution < 1.29 is 24.1 Å². The van der Waals surface area contributed by atoms with E-state index in [1.165, 1.54) is 12.1 Å². The summed E-state index contributed by atoms with van der Waals surface area (Å²) in [6, 6.07) is 14.8. The summed E-state index contributed by atoms with van der Waals surface area (Å²) in [5.74, 6) is 0.0942. The van der Waals surface area contributed by atoms with Crippen LogP contribution in [0.4, 0.5) is 5.95 Å². The number of carbonyl (C=O) groups excluding carboxylic acids is 1. The Kier molecular flexibility index (Phi) is 9.17. The first-order chi connectivity index (χ1) is 21.3. The van der Waals surface area contributed by atoms with Crippen LogP contribution >= 0.6 is 0 Å². The number of aromatic nitrogens is 4. The van der Waals surface area contributed by atoms with E-state index in [0.29, 0.717) is 30.2 Å². The molecule has 45 heavy (non-hydrogen) atoms. The van der Waals surface area contributed by atoms with Gasteiger partial charge in [-0.15, -0.1) is 0 Å². The van der Waals surface area contributed by atoms with E-state index in [-0.39, 0.29) is 48.2 Å². The maximum atomic E-state index is 14.3. The molecule has 5 rings (SSSR count). The van der Waals surface area contributed by atoms with Gasteiger partial charge in [0.2, 0.25) is 11.8 Å². The minimum absolute atomic E-state index is 0. The Labute approximate surface area is 265 Å². The molecule has 1 amide bonds. The van der Waals surface area contributed by atoms with Crippen LogP contribution in [-0.4, -0.2) is 58.9 Å². The van der Waals surface area contributed by atoms with Crippen molar-refractivity contribution in [3.63, 3.8) is 0 Å². The molecule has 2 aromatic carbocycles. The van der Waals surface area contributed by atoms with Crippen LogP contribution in [0.15, 0.2) is 65.7 Å². The van der Waals surface area contributed by atoms with Gasteiger partial charge in [-0.2, -0.15) is 4.98 Å². The third-order valence-corrected chi connectivity index (χ3v) is 8.72. The Morgan fingerprint density at radius 1 is 1.04 bits per heavy atom. The molecule has 0 radical (unpaired) electrons. The number of benzene rings is 2. The van der Waals surface area contributed by atoms with Crippen molar-refractivity contribution in [1.29, 1.82) is 0 Å². The van der Waals surface area contributed by atoms with Crippen molar-refractivity contribution in [2.24, 2.45) is 5.41 Å². The summed E-state index contributed by atoms with van der Waals surface area (Å²) < 4.78 is 41.3. The molecule has 0 saturated heterocycles. The molecule has 3 heterocycles. The summed E-state index contributed by atoms with van der Waals surface area (Å²) in [5, 5.41) is 0. The van der Waals surface area contributed by atoms with Gasteiger partial charge < -0.3 is 14.4 Å². The number of ether oxygens (including phenoxy) is 2. The third kappa shape index (κ3) is 7.63. The molecule has 4 bridgehead atoms. The highest BCUT2D eigenvalue weighted by Gasteiger charge is 2.32. The molecular formula is C33H40N6O5S. The predicted molar refractivity (Wildman–Crippen MR) is 172 cm³/mol. The van der Waals surface area contributed by atoms with Crippen molar-refractivity contribution in [2.45, 2.75) is 65.1 Å². The second-order valence-corrected chi connectivity index (χ2v) is 14.1. The van der Waals surface area contributed by atoms with E-state index in [1.807, 2.05) is 32.0 Å². The number of aryl methyl sites for hydroxylation is 2. The molecule has 0 fully saturated rings. The average molecular weight is 633 g/mol. The molecule has 0 aliphatic carbocycles. The fourth-order valence-corrected chi connectivity index (χ4v) is 6.43. The average Bonchev–Trinajstić information content (AvgIpc) is 2.97. The van der Waals surface area contributed by atoms with Crippen molar-refractivity contribution in [3.05, 3.63) is 89.0 Å². The lowest BCUT2D eigenvalue weighted by Gasteiger charge is -2.35. The Morgan fingerprint density at radius 3 is 2.49 bits per heavy atom. The van der Waals surface area contributed by atoms with Crippen molar-refractivity contribution >= 4 is 21.9 Å². The summed E-state index contributed by atoms with van der Waals surface area (Å²) in [4.78, 5) is 33.9. The number of amides is 1. The van der Waals surface area contributed by atoms with E-state index in [9.17, 15) is 13.2 Å². The smallest absolute Gasteiger partial charge is 0.264 e. The quantitative estimate of drug-likeness (QED) is 0.289. The van der Waals surface area contributed by atoms with E-state index in [2.05, 4.69) is 45.4 Å². The number of nitrogens with zero attached hydrogens (tertiary/aromatic N) is 5. The molecule has 0 saturated carbocycles. The molecule has 4 aromatic rings. The van der Waals surface area contributed by atoms with Gasteiger partial charge in [0.1, 0.15) is 12.4 Å². The van der Waals surface area contributed by atoms with Crippen LogP contribution in [-0.2, 0) is 27.9 Å². The molecule has 238 valence electrons. The van der Waals surface area contributed by atoms with Crippen LogP contribution in [0.25, 0.3) is 11.3 Å². The van der Waals surface area contributed by atoms with Crippen molar-refractivity contribution in [2.75, 3.05) is 18.4 Å². The Bertz CT molecular complexity index is 1810. The highest BCUT2D eigenvalue weighted by Crippen LogP contribution is 2.31. The number of nitrogens with one attached hydrogen (secondary N) is 1. The molecule has 1 aliphatic heterocycles. The molecule has 0 spiro atoms. The third-order valence-electron chi connectivity index (χ3n) is 7.40. The summed E-state index contributed by atoms with van der Waals surface area (Å²) in [6.07, 6.45) is 2.20. The summed E-state index contributed by atoms with van der Waals surface area (Å²) >= 11 is 0. The zero-order valence-corrected chi connectivity index (χ0v) is 27.2. The molecule has 12 heteroatoms. The largest absolute Gasteiger partial charge is 0.475 e. The number of hydrogen-bond acceptors (Lipinski definition) is 9. The molecule has 1 atom stereocenters. The van der Waals surface area contributed by atoms with Crippen LogP contribution in [0.3, 0.4) is 0 Å². The second-order valence-electron chi connectivity index (χ2n) is 12.4. The minimum Gasteiger partial charge on any atom is -0.475 e. The highest BCUT2D eigenvalue weighted by atomic mass is 32.2. The Morgan fingerprint density at radius 2 is 1.78 bits per heavy atom. The number of carbonyl (C=O) groups is 1. The number of fused-ring (bicyclic) bond motifs is 4. The van der Waals surface area contributed by atoms with Crippen LogP contribution in [0.5, 0.6) is 5.88 Å². The van der Waals surface area contributed by atoms with E-state index in [0.717, 1.165) is 16.7 Å². The van der Waals surface area contributed by atoms with Gasteiger partial charge in [-0.05, 0) is 61.1 Å². The van der Waals surface area contributed by atoms with E-state index >= 15 is 0 Å². The van der Waals surface area contributed by atoms with Gasteiger partial charge >= 0.3 is 0 Å². The van der Waals surface area contributed by atoms with E-state index in [1.54, 1.807) is 42.5 Å². The molecule has 0 unspecified atom stereocenters. The van der Waals surface area contributed by atoms with Crippen LogP contribution in [0.1, 0.15) is 61.6 Å². The van der Waals surface area contributed by atoms with Crippen LogP contribution < -0.4 is 9.46 Å². The lowest BCUT2D eigenvalue weighted by molar-refractivity contribution is 0.0504. The zero-order valence-electron chi connectivity index (χ0n) is 26.4. The summed E-state index contributed by atoms with van der Waals surface area (Å²) in [6.45, 7) is 10.6. The fourth-order valence-electron chi connectivity index (χ4n) is 5.44. The topological polar surface area (TPSA) is 136 Å². The molecule has 11 nitrogen and oxygen atoms in total. The normalized spacial score (nSPS) is 16.5. The SMILES string of the molecule is COCc1ccnc(CN2C(=O)c3cccc(c3)S(=O)(=O)Nc3nc(cc(-c4c(C)cccc4C)n3)OC[C@H]2CC(C)(C)C)n1.[HH]. The Hall–Kier alpha value is -4.42. The van der Waals surface area contributed by atoms with Gasteiger partial charge in [-0.1, -0.05) is 45.0 Å². The first-order valence-corrected chi connectivity index (χ1v) is 16.1. The fraction of sp³-hybridized carbons (Fsp3) is 0.364. The molecular weight excluding hydrogens is 592 g/mol. The monoisotopic (exact) mass is 632 g/mol. The maximum Gasteiger partial charge on any atom is 0.264 e. The first-order valence-electron chi connectivity index (χ1n) is 14.6. The molecule has 2 aromatic heterocycles. The first kappa shape index (κ1) is 32.0. The number of methoxy groups -OCH3 is 1. The number of anilines is 1. The van der Waals surface area contributed by atoms with E-state index in [4.69, 9.17) is 9.47 Å². The maximum absolute atomic E-state index is 14.3. The van der Waals surface area contributed by atoms with Gasteiger partial charge in [0, 0.05) is 31.9 Å². The van der Waals surface area contributed by atoms with Gasteiger partial charge in [-0.25, -0.2) is 28.1 Å². The van der Waals surface area contributed by atoms with Gasteiger partial charge in [0.05, 0.1) is 35.5 Å². The minimum atomic E-state index is -4.17.